The molecule has 106 valence electrons. The van der Waals surface area contributed by atoms with E-state index in [-0.39, 0.29) is 5.56 Å². The second kappa shape index (κ2) is 5.23. The fourth-order valence-corrected chi connectivity index (χ4v) is 1.55. The van der Waals surface area contributed by atoms with Crippen LogP contribution in [0.3, 0.4) is 0 Å². The van der Waals surface area contributed by atoms with Gasteiger partial charge in [-0.15, -0.1) is 0 Å². The molecule has 0 saturated heterocycles. The number of hydrogen-bond acceptors (Lipinski definition) is 1. The molecule has 1 aromatic rings. The minimum Gasteiger partial charge on any atom is -0.347 e. The van der Waals surface area contributed by atoms with E-state index in [9.17, 15) is 18.0 Å². The van der Waals surface area contributed by atoms with E-state index in [4.69, 9.17) is 0 Å². The smallest absolute Gasteiger partial charge is 0.347 e. The Morgan fingerprint density at radius 1 is 1.21 bits per heavy atom. The van der Waals surface area contributed by atoms with Crippen molar-refractivity contribution in [2.24, 2.45) is 0 Å². The lowest BCUT2D eigenvalue weighted by molar-refractivity contribution is -0.137. The van der Waals surface area contributed by atoms with Crippen LogP contribution in [0.5, 0.6) is 0 Å². The minimum absolute atomic E-state index is 0.0360. The fourth-order valence-electron chi connectivity index (χ4n) is 1.55. The number of nitrogens with one attached hydrogen (secondary N) is 1. The van der Waals surface area contributed by atoms with Gasteiger partial charge in [-0.25, -0.2) is 0 Å². The molecule has 0 bridgehead atoms. The molecule has 0 atom stereocenters. The van der Waals surface area contributed by atoms with Crippen molar-refractivity contribution in [3.8, 4) is 0 Å². The summed E-state index contributed by atoms with van der Waals surface area (Å²) in [4.78, 5) is 12.0. The van der Waals surface area contributed by atoms with E-state index in [0.29, 0.717) is 12.0 Å². The molecule has 0 aromatic heterocycles. The Labute approximate surface area is 111 Å². The van der Waals surface area contributed by atoms with Gasteiger partial charge in [-0.05, 0) is 51.0 Å². The lowest BCUT2D eigenvalue weighted by atomic mass is 10.00. The molecule has 0 heterocycles. The standard InChI is InChI=1S/C14H18F3NO/c1-5-13(3,4)18-12(19)10-6-9(2)7-11(8-10)14(15,16)17/h6-8H,5H2,1-4H3,(H,18,19). The second-order valence-electron chi connectivity index (χ2n) is 5.28. The van der Waals surface area contributed by atoms with Crippen molar-refractivity contribution >= 4 is 5.91 Å². The maximum absolute atomic E-state index is 12.7. The summed E-state index contributed by atoms with van der Waals surface area (Å²) < 4.78 is 38.1. The second-order valence-corrected chi connectivity index (χ2v) is 5.28. The van der Waals surface area contributed by atoms with Crippen molar-refractivity contribution in [2.45, 2.75) is 45.8 Å². The van der Waals surface area contributed by atoms with E-state index in [1.807, 2.05) is 20.8 Å². The van der Waals surface area contributed by atoms with Gasteiger partial charge in [-0.1, -0.05) is 6.92 Å². The number of hydrogen-bond donors (Lipinski definition) is 1. The van der Waals surface area contributed by atoms with Crippen LogP contribution in [-0.2, 0) is 6.18 Å². The normalized spacial score (nSPS) is 12.4. The van der Waals surface area contributed by atoms with Gasteiger partial charge in [-0.3, -0.25) is 4.79 Å². The summed E-state index contributed by atoms with van der Waals surface area (Å²) in [5.41, 5.74) is -0.797. The van der Waals surface area contributed by atoms with Crippen LogP contribution in [0.1, 0.15) is 48.7 Å². The zero-order chi connectivity index (χ0) is 14.8. The number of aryl methyl sites for hydroxylation is 1. The van der Waals surface area contributed by atoms with Gasteiger partial charge in [-0.2, -0.15) is 13.2 Å². The van der Waals surface area contributed by atoms with Crippen molar-refractivity contribution in [1.29, 1.82) is 0 Å². The van der Waals surface area contributed by atoms with Crippen LogP contribution in [0.4, 0.5) is 13.2 Å². The molecule has 0 aliphatic rings. The number of carbonyl (C=O) groups is 1. The van der Waals surface area contributed by atoms with Gasteiger partial charge >= 0.3 is 6.18 Å². The molecular formula is C14H18F3NO. The highest BCUT2D eigenvalue weighted by Gasteiger charge is 2.31. The van der Waals surface area contributed by atoms with Crippen molar-refractivity contribution in [3.63, 3.8) is 0 Å². The van der Waals surface area contributed by atoms with Gasteiger partial charge in [0.1, 0.15) is 0 Å². The molecule has 0 aliphatic heterocycles. The molecule has 5 heteroatoms. The lowest BCUT2D eigenvalue weighted by Crippen LogP contribution is -2.42. The number of benzene rings is 1. The van der Waals surface area contributed by atoms with Crippen LogP contribution in [0, 0.1) is 6.92 Å². The molecule has 0 fully saturated rings. The summed E-state index contributed by atoms with van der Waals surface area (Å²) in [5.74, 6) is -0.485. The van der Waals surface area contributed by atoms with E-state index < -0.39 is 23.2 Å². The SMILES string of the molecule is CCC(C)(C)NC(=O)c1cc(C)cc(C(F)(F)F)c1. The molecule has 0 unspecified atom stereocenters. The maximum Gasteiger partial charge on any atom is 0.416 e. The first-order valence-corrected chi connectivity index (χ1v) is 6.06. The zero-order valence-corrected chi connectivity index (χ0v) is 11.5. The molecule has 1 amide bonds. The molecule has 0 radical (unpaired) electrons. The molecule has 1 aromatic carbocycles. The third-order valence-corrected chi connectivity index (χ3v) is 3.00. The van der Waals surface area contributed by atoms with Crippen LogP contribution in [0.25, 0.3) is 0 Å². The van der Waals surface area contributed by atoms with Crippen molar-refractivity contribution < 1.29 is 18.0 Å². The van der Waals surface area contributed by atoms with E-state index in [1.165, 1.54) is 13.0 Å². The minimum atomic E-state index is -4.44. The molecule has 1 N–H and O–H groups in total. The first kappa shape index (κ1) is 15.5. The van der Waals surface area contributed by atoms with E-state index in [0.717, 1.165) is 12.1 Å². The number of alkyl halides is 3. The molecule has 0 saturated carbocycles. The Balaban J connectivity index is 3.08. The molecule has 0 spiro atoms. The molecule has 1 rings (SSSR count). The molecule has 0 aliphatic carbocycles. The average Bonchev–Trinajstić information content (AvgIpc) is 2.26. The van der Waals surface area contributed by atoms with Gasteiger partial charge in [0.2, 0.25) is 0 Å². The Bertz CT molecular complexity index is 478. The average molecular weight is 273 g/mol. The van der Waals surface area contributed by atoms with Gasteiger partial charge in [0.15, 0.2) is 0 Å². The van der Waals surface area contributed by atoms with E-state index in [1.54, 1.807) is 0 Å². The predicted octanol–water partition coefficient (Wildman–Crippen LogP) is 3.93. The first-order valence-electron chi connectivity index (χ1n) is 6.06. The van der Waals surface area contributed by atoms with Crippen LogP contribution in [-0.4, -0.2) is 11.4 Å². The van der Waals surface area contributed by atoms with Gasteiger partial charge in [0.25, 0.3) is 5.91 Å². The van der Waals surface area contributed by atoms with Crippen LogP contribution in [0.15, 0.2) is 18.2 Å². The molecule has 19 heavy (non-hydrogen) atoms. The van der Waals surface area contributed by atoms with Crippen molar-refractivity contribution in [1.82, 2.24) is 5.32 Å². The third kappa shape index (κ3) is 4.26. The zero-order valence-electron chi connectivity index (χ0n) is 11.5. The van der Waals surface area contributed by atoms with Gasteiger partial charge < -0.3 is 5.32 Å². The topological polar surface area (TPSA) is 29.1 Å². The van der Waals surface area contributed by atoms with Crippen molar-refractivity contribution in [2.75, 3.05) is 0 Å². The quantitative estimate of drug-likeness (QED) is 0.888. The maximum atomic E-state index is 12.7. The summed E-state index contributed by atoms with van der Waals surface area (Å²) in [5, 5.41) is 2.72. The Hall–Kier alpha value is -1.52. The number of carbonyl (C=O) groups excluding carboxylic acids is 1. The third-order valence-electron chi connectivity index (χ3n) is 3.00. The molecule has 2 nitrogen and oxygen atoms in total. The summed E-state index contributed by atoms with van der Waals surface area (Å²) in [7, 11) is 0. The van der Waals surface area contributed by atoms with E-state index in [2.05, 4.69) is 5.32 Å². The number of rotatable bonds is 3. The van der Waals surface area contributed by atoms with Crippen LogP contribution >= 0.6 is 0 Å². The molecular weight excluding hydrogens is 255 g/mol. The number of amides is 1. The Morgan fingerprint density at radius 2 is 1.79 bits per heavy atom. The lowest BCUT2D eigenvalue weighted by Gasteiger charge is -2.24. The summed E-state index contributed by atoms with van der Waals surface area (Å²) in [6, 6.07) is 3.37. The van der Waals surface area contributed by atoms with Crippen molar-refractivity contribution in [3.05, 3.63) is 34.9 Å². The highest BCUT2D eigenvalue weighted by Crippen LogP contribution is 2.30. The van der Waals surface area contributed by atoms with Gasteiger partial charge in [0.05, 0.1) is 5.56 Å². The van der Waals surface area contributed by atoms with Crippen LogP contribution < -0.4 is 5.32 Å². The summed E-state index contributed by atoms with van der Waals surface area (Å²) >= 11 is 0. The fraction of sp³-hybridized carbons (Fsp3) is 0.500. The predicted molar refractivity (Wildman–Crippen MR) is 68.0 cm³/mol. The number of halogens is 3. The van der Waals surface area contributed by atoms with Crippen LogP contribution in [0.2, 0.25) is 0 Å². The largest absolute Gasteiger partial charge is 0.416 e. The highest BCUT2D eigenvalue weighted by molar-refractivity contribution is 5.95. The Morgan fingerprint density at radius 3 is 2.26 bits per heavy atom. The summed E-state index contributed by atoms with van der Waals surface area (Å²) in [6.07, 6.45) is -3.75. The first-order chi connectivity index (χ1) is 8.55. The monoisotopic (exact) mass is 273 g/mol. The summed E-state index contributed by atoms with van der Waals surface area (Å²) in [6.45, 7) is 7.09. The Kier molecular flexibility index (Phi) is 4.28. The van der Waals surface area contributed by atoms with Gasteiger partial charge in [0, 0.05) is 11.1 Å². The van der Waals surface area contributed by atoms with E-state index >= 15 is 0 Å². The highest BCUT2D eigenvalue weighted by atomic mass is 19.4.